The number of anilines is 1. The van der Waals surface area contributed by atoms with E-state index < -0.39 is 23.7 Å². The first kappa shape index (κ1) is 20.4. The second-order valence-corrected chi connectivity index (χ2v) is 7.27. The number of nitrogens with zero attached hydrogens (tertiary/aromatic N) is 1. The standard InChI is InChI=1S/C18H22ClF3N2O3/c1-11(24-6-4-12(5-7-24)17-26-8-9-27-17)16(25)23-15-3-2-13(19)10-14(15)18(20,21)22/h2-3,10-12,17H,4-9H2,1H3,(H,23,25). The lowest BCUT2D eigenvalue weighted by molar-refractivity contribution is -0.137. The Morgan fingerprint density at radius 3 is 2.48 bits per heavy atom. The average Bonchev–Trinajstić information content (AvgIpc) is 3.16. The number of rotatable bonds is 4. The molecule has 1 amide bonds. The smallest absolute Gasteiger partial charge is 0.350 e. The molecular weight excluding hydrogens is 385 g/mol. The van der Waals surface area contributed by atoms with Crippen LogP contribution in [-0.2, 0) is 20.4 Å². The summed E-state index contributed by atoms with van der Waals surface area (Å²) in [6.07, 6.45) is -3.15. The monoisotopic (exact) mass is 406 g/mol. The number of halogens is 4. The molecule has 0 spiro atoms. The molecule has 2 fully saturated rings. The van der Waals surface area contributed by atoms with E-state index in [1.807, 2.05) is 4.90 Å². The molecule has 2 heterocycles. The van der Waals surface area contributed by atoms with Gasteiger partial charge in [-0.3, -0.25) is 9.69 Å². The van der Waals surface area contributed by atoms with Crippen LogP contribution in [0.15, 0.2) is 18.2 Å². The van der Waals surface area contributed by atoms with Crippen LogP contribution in [0.1, 0.15) is 25.3 Å². The Hall–Kier alpha value is -1.35. The van der Waals surface area contributed by atoms with E-state index in [9.17, 15) is 18.0 Å². The number of carbonyl (C=O) groups excluding carboxylic acids is 1. The zero-order valence-electron chi connectivity index (χ0n) is 14.9. The molecule has 0 radical (unpaired) electrons. The van der Waals surface area contributed by atoms with Gasteiger partial charge in [0.25, 0.3) is 0 Å². The van der Waals surface area contributed by atoms with Crippen molar-refractivity contribution in [3.8, 4) is 0 Å². The summed E-state index contributed by atoms with van der Waals surface area (Å²) in [5.41, 5.74) is -1.24. The maximum atomic E-state index is 13.2. The molecule has 1 aromatic carbocycles. The number of benzene rings is 1. The van der Waals surface area contributed by atoms with E-state index in [2.05, 4.69) is 5.32 Å². The maximum Gasteiger partial charge on any atom is 0.418 e. The fraction of sp³-hybridized carbons (Fsp3) is 0.611. The first-order valence-corrected chi connectivity index (χ1v) is 9.28. The van der Waals surface area contributed by atoms with Crippen LogP contribution in [-0.4, -0.2) is 49.4 Å². The molecule has 0 bridgehead atoms. The molecule has 2 aliphatic heterocycles. The molecule has 1 aromatic rings. The highest BCUT2D eigenvalue weighted by Gasteiger charge is 2.36. The van der Waals surface area contributed by atoms with Crippen molar-refractivity contribution < 1.29 is 27.4 Å². The van der Waals surface area contributed by atoms with Gasteiger partial charge in [0, 0.05) is 10.9 Å². The van der Waals surface area contributed by atoms with Crippen LogP contribution < -0.4 is 5.32 Å². The zero-order chi connectivity index (χ0) is 19.6. The SMILES string of the molecule is CC(C(=O)Nc1ccc(Cl)cc1C(F)(F)F)N1CCC(C2OCCO2)CC1. The highest BCUT2D eigenvalue weighted by molar-refractivity contribution is 6.30. The third-order valence-corrected chi connectivity index (χ3v) is 5.31. The summed E-state index contributed by atoms with van der Waals surface area (Å²) in [5, 5.41) is 2.36. The van der Waals surface area contributed by atoms with Crippen LogP contribution in [0.25, 0.3) is 0 Å². The fourth-order valence-electron chi connectivity index (χ4n) is 3.49. The van der Waals surface area contributed by atoms with Crippen molar-refractivity contribution in [2.45, 2.75) is 38.3 Å². The Labute approximate surface area is 160 Å². The van der Waals surface area contributed by atoms with Gasteiger partial charge in [0.15, 0.2) is 6.29 Å². The first-order valence-electron chi connectivity index (χ1n) is 8.90. The van der Waals surface area contributed by atoms with Crippen molar-refractivity contribution in [1.82, 2.24) is 4.90 Å². The van der Waals surface area contributed by atoms with E-state index in [1.165, 1.54) is 12.1 Å². The number of hydrogen-bond donors (Lipinski definition) is 1. The van der Waals surface area contributed by atoms with E-state index in [0.29, 0.717) is 26.3 Å². The summed E-state index contributed by atoms with van der Waals surface area (Å²) in [4.78, 5) is 14.5. The molecule has 27 heavy (non-hydrogen) atoms. The van der Waals surface area contributed by atoms with Crippen LogP contribution in [0.2, 0.25) is 5.02 Å². The van der Waals surface area contributed by atoms with Crippen molar-refractivity contribution in [3.05, 3.63) is 28.8 Å². The average molecular weight is 407 g/mol. The number of nitrogens with one attached hydrogen (secondary N) is 1. The maximum absolute atomic E-state index is 13.2. The molecule has 1 N–H and O–H groups in total. The van der Waals surface area contributed by atoms with Gasteiger partial charge in [-0.25, -0.2) is 0 Å². The quantitative estimate of drug-likeness (QED) is 0.827. The number of ether oxygens (including phenoxy) is 2. The Morgan fingerprint density at radius 2 is 1.89 bits per heavy atom. The first-order chi connectivity index (χ1) is 12.8. The molecule has 0 aromatic heterocycles. The molecular formula is C18H22ClF3N2O3. The topological polar surface area (TPSA) is 50.8 Å². The van der Waals surface area contributed by atoms with E-state index >= 15 is 0 Å². The Bertz CT molecular complexity index is 672. The minimum absolute atomic E-state index is 0.0354. The highest BCUT2D eigenvalue weighted by Crippen LogP contribution is 2.36. The van der Waals surface area contributed by atoms with Gasteiger partial charge in [-0.2, -0.15) is 13.2 Å². The number of likely N-dealkylation sites (tertiary alicyclic amines) is 1. The summed E-state index contributed by atoms with van der Waals surface area (Å²) in [7, 11) is 0. The predicted octanol–water partition coefficient (Wildman–Crippen LogP) is 3.77. The van der Waals surface area contributed by atoms with Gasteiger partial charge in [0.2, 0.25) is 5.91 Å². The summed E-state index contributed by atoms with van der Waals surface area (Å²) in [5.74, 6) is -0.193. The van der Waals surface area contributed by atoms with E-state index in [1.54, 1.807) is 6.92 Å². The lowest BCUT2D eigenvalue weighted by Gasteiger charge is -2.36. The molecule has 2 saturated heterocycles. The Morgan fingerprint density at radius 1 is 1.26 bits per heavy atom. The van der Waals surface area contributed by atoms with Crippen LogP contribution >= 0.6 is 11.6 Å². The van der Waals surface area contributed by atoms with Gasteiger partial charge in [-0.15, -0.1) is 0 Å². The molecule has 3 rings (SSSR count). The van der Waals surface area contributed by atoms with Crippen LogP contribution in [0, 0.1) is 5.92 Å². The van der Waals surface area contributed by atoms with Crippen LogP contribution in [0.4, 0.5) is 18.9 Å². The molecule has 0 aliphatic carbocycles. The van der Waals surface area contributed by atoms with E-state index in [4.69, 9.17) is 21.1 Å². The van der Waals surface area contributed by atoms with Crippen LogP contribution in [0.5, 0.6) is 0 Å². The molecule has 5 nitrogen and oxygen atoms in total. The summed E-state index contributed by atoms with van der Waals surface area (Å²) in [6, 6.07) is 2.77. The highest BCUT2D eigenvalue weighted by atomic mass is 35.5. The largest absolute Gasteiger partial charge is 0.418 e. The van der Waals surface area contributed by atoms with Crippen molar-refractivity contribution in [3.63, 3.8) is 0 Å². The number of carbonyl (C=O) groups is 1. The van der Waals surface area contributed by atoms with E-state index in [0.717, 1.165) is 18.9 Å². The predicted molar refractivity (Wildman–Crippen MR) is 94.5 cm³/mol. The summed E-state index contributed by atoms with van der Waals surface area (Å²) >= 11 is 5.67. The zero-order valence-corrected chi connectivity index (χ0v) is 15.6. The number of piperidine rings is 1. The molecule has 0 saturated carbocycles. The molecule has 1 unspecified atom stereocenters. The van der Waals surface area contributed by atoms with Crippen molar-refractivity contribution in [2.24, 2.45) is 5.92 Å². The Kier molecular flexibility index (Phi) is 6.30. The number of amides is 1. The van der Waals surface area contributed by atoms with Crippen molar-refractivity contribution >= 4 is 23.2 Å². The molecule has 150 valence electrons. The normalized spacial score (nSPS) is 21.4. The van der Waals surface area contributed by atoms with Gasteiger partial charge in [-0.05, 0) is 51.1 Å². The summed E-state index contributed by atoms with van der Waals surface area (Å²) in [6.45, 7) is 4.23. The minimum atomic E-state index is -4.60. The second-order valence-electron chi connectivity index (χ2n) is 6.84. The van der Waals surface area contributed by atoms with Gasteiger partial charge >= 0.3 is 6.18 Å². The molecule has 9 heteroatoms. The van der Waals surface area contributed by atoms with Crippen molar-refractivity contribution in [1.29, 1.82) is 0 Å². The Balaban J connectivity index is 1.60. The molecule has 1 atom stereocenters. The summed E-state index contributed by atoms with van der Waals surface area (Å²) < 4.78 is 50.6. The van der Waals surface area contributed by atoms with Gasteiger partial charge < -0.3 is 14.8 Å². The lowest BCUT2D eigenvalue weighted by Crippen LogP contribution is -2.47. The van der Waals surface area contributed by atoms with Gasteiger partial charge in [-0.1, -0.05) is 11.6 Å². The van der Waals surface area contributed by atoms with E-state index in [-0.39, 0.29) is 22.9 Å². The lowest BCUT2D eigenvalue weighted by atomic mass is 9.95. The number of alkyl halides is 3. The third-order valence-electron chi connectivity index (χ3n) is 5.08. The second kappa shape index (κ2) is 8.34. The van der Waals surface area contributed by atoms with Gasteiger partial charge in [0.05, 0.1) is 30.5 Å². The third kappa shape index (κ3) is 4.93. The van der Waals surface area contributed by atoms with Gasteiger partial charge in [0.1, 0.15) is 0 Å². The minimum Gasteiger partial charge on any atom is -0.350 e. The molecule has 2 aliphatic rings. The number of hydrogen-bond acceptors (Lipinski definition) is 4. The fourth-order valence-corrected chi connectivity index (χ4v) is 3.66. The van der Waals surface area contributed by atoms with Crippen molar-refractivity contribution in [2.75, 3.05) is 31.6 Å². The van der Waals surface area contributed by atoms with Crippen LogP contribution in [0.3, 0.4) is 0 Å².